The van der Waals surface area contributed by atoms with E-state index in [4.69, 9.17) is 21.4 Å². The molecule has 1 atom stereocenters. The van der Waals surface area contributed by atoms with Crippen LogP contribution >= 0.6 is 11.6 Å². The van der Waals surface area contributed by atoms with Crippen molar-refractivity contribution in [3.8, 4) is 0 Å². The molecule has 0 saturated carbocycles. The van der Waals surface area contributed by atoms with Gasteiger partial charge < -0.3 is 15.2 Å². The number of carbonyl (C=O) groups is 2. The third-order valence-electron chi connectivity index (χ3n) is 2.27. The fraction of sp³-hybridized carbons (Fsp3) is 0.333. The van der Waals surface area contributed by atoms with Crippen LogP contribution in [-0.2, 0) is 14.3 Å². The quantitative estimate of drug-likeness (QED) is 0.860. The Morgan fingerprint density at radius 3 is 2.72 bits per heavy atom. The second-order valence-corrected chi connectivity index (χ2v) is 4.21. The zero-order valence-electron chi connectivity index (χ0n) is 10.1. The number of halogens is 1. The molecule has 2 N–H and O–H groups in total. The molecule has 0 aliphatic rings. The Kier molecular flexibility index (Phi) is 5.12. The number of carboxylic acid groups (broad SMARTS) is 1. The summed E-state index contributed by atoms with van der Waals surface area (Å²) >= 11 is 5.91. The van der Waals surface area contributed by atoms with Crippen molar-refractivity contribution in [3.05, 3.63) is 28.8 Å². The molecule has 6 heteroatoms. The van der Waals surface area contributed by atoms with E-state index in [-0.39, 0.29) is 6.61 Å². The minimum Gasteiger partial charge on any atom is -0.479 e. The molecule has 1 amide bonds. The van der Waals surface area contributed by atoms with Crippen LogP contribution in [0.2, 0.25) is 5.02 Å². The van der Waals surface area contributed by atoms with Crippen LogP contribution < -0.4 is 5.32 Å². The number of carbonyl (C=O) groups excluding carboxylic acids is 1. The summed E-state index contributed by atoms with van der Waals surface area (Å²) in [6.07, 6.45) is -1.02. The second kappa shape index (κ2) is 6.37. The van der Waals surface area contributed by atoms with Crippen molar-refractivity contribution >= 4 is 29.2 Å². The van der Waals surface area contributed by atoms with Crippen LogP contribution in [0.3, 0.4) is 0 Å². The first-order valence-corrected chi connectivity index (χ1v) is 5.68. The lowest BCUT2D eigenvalue weighted by molar-refractivity contribution is -0.150. The molecule has 0 aromatic heterocycles. The molecule has 0 radical (unpaired) electrons. The number of carboxylic acids is 1. The van der Waals surface area contributed by atoms with Crippen LogP contribution in [0.15, 0.2) is 18.2 Å². The average Bonchev–Trinajstić information content (AvgIpc) is 2.30. The predicted molar refractivity (Wildman–Crippen MR) is 67.9 cm³/mol. The van der Waals surface area contributed by atoms with E-state index in [1.165, 1.54) is 6.92 Å². The Morgan fingerprint density at radius 2 is 2.17 bits per heavy atom. The summed E-state index contributed by atoms with van der Waals surface area (Å²) in [6, 6.07) is 5.10. The summed E-state index contributed by atoms with van der Waals surface area (Å²) < 4.78 is 4.85. The molecular formula is C12H14ClNO4. The van der Waals surface area contributed by atoms with Gasteiger partial charge in [-0.15, -0.1) is 0 Å². The lowest BCUT2D eigenvalue weighted by atomic mass is 10.2. The number of amides is 1. The molecule has 0 fully saturated rings. The van der Waals surface area contributed by atoms with Crippen LogP contribution in [0.1, 0.15) is 12.5 Å². The van der Waals surface area contributed by atoms with E-state index in [0.29, 0.717) is 10.7 Å². The number of hydrogen-bond donors (Lipinski definition) is 2. The summed E-state index contributed by atoms with van der Waals surface area (Å²) in [5.74, 6) is -1.54. The number of anilines is 1. The van der Waals surface area contributed by atoms with Crippen molar-refractivity contribution in [1.82, 2.24) is 0 Å². The van der Waals surface area contributed by atoms with Crippen LogP contribution in [0.5, 0.6) is 0 Å². The van der Waals surface area contributed by atoms with Crippen molar-refractivity contribution < 1.29 is 19.4 Å². The van der Waals surface area contributed by atoms with Gasteiger partial charge in [-0.05, 0) is 31.5 Å². The molecule has 1 rings (SSSR count). The minimum atomic E-state index is -1.11. The summed E-state index contributed by atoms with van der Waals surface area (Å²) in [4.78, 5) is 21.9. The maximum Gasteiger partial charge on any atom is 0.332 e. The number of aryl methyl sites for hydroxylation is 1. The van der Waals surface area contributed by atoms with Crippen molar-refractivity contribution in [2.45, 2.75) is 20.0 Å². The van der Waals surface area contributed by atoms with Gasteiger partial charge in [0.1, 0.15) is 6.61 Å². The normalized spacial score (nSPS) is 11.9. The molecule has 0 saturated heterocycles. The van der Waals surface area contributed by atoms with Crippen LogP contribution in [-0.4, -0.2) is 29.7 Å². The third-order valence-corrected chi connectivity index (χ3v) is 2.67. The zero-order chi connectivity index (χ0) is 13.7. The van der Waals surface area contributed by atoms with Crippen LogP contribution in [0.4, 0.5) is 5.69 Å². The van der Waals surface area contributed by atoms with Gasteiger partial charge in [-0.3, -0.25) is 4.79 Å². The largest absolute Gasteiger partial charge is 0.479 e. The molecule has 98 valence electrons. The number of ether oxygens (including phenoxy) is 1. The standard InChI is InChI=1S/C12H14ClNO4/c1-7-3-4-9(5-10(7)13)14-11(15)6-18-8(2)12(16)17/h3-5,8H,6H2,1-2H3,(H,14,15)(H,16,17)/t8-/m1/s1. The van der Waals surface area contributed by atoms with E-state index in [2.05, 4.69) is 5.32 Å². The third kappa shape index (κ3) is 4.35. The highest BCUT2D eigenvalue weighted by Gasteiger charge is 2.13. The SMILES string of the molecule is Cc1ccc(NC(=O)CO[C@H](C)C(=O)O)cc1Cl. The Morgan fingerprint density at radius 1 is 1.50 bits per heavy atom. The minimum absolute atomic E-state index is 0.320. The first-order chi connectivity index (χ1) is 8.40. The van der Waals surface area contributed by atoms with E-state index in [9.17, 15) is 9.59 Å². The van der Waals surface area contributed by atoms with Crippen molar-refractivity contribution in [2.24, 2.45) is 0 Å². The molecule has 0 aliphatic heterocycles. The van der Waals surface area contributed by atoms with Gasteiger partial charge in [0.15, 0.2) is 6.10 Å². The summed E-state index contributed by atoms with van der Waals surface area (Å²) in [5, 5.41) is 11.7. The highest BCUT2D eigenvalue weighted by atomic mass is 35.5. The molecule has 18 heavy (non-hydrogen) atoms. The fourth-order valence-corrected chi connectivity index (χ4v) is 1.32. The Balaban J connectivity index is 2.49. The van der Waals surface area contributed by atoms with Gasteiger partial charge in [0.2, 0.25) is 5.91 Å². The molecule has 1 aromatic carbocycles. The van der Waals surface area contributed by atoms with Crippen LogP contribution in [0.25, 0.3) is 0 Å². The lowest BCUT2D eigenvalue weighted by Gasteiger charge is -2.09. The molecule has 0 aliphatic carbocycles. The number of rotatable bonds is 5. The molecule has 0 spiro atoms. The number of nitrogens with one attached hydrogen (secondary N) is 1. The first-order valence-electron chi connectivity index (χ1n) is 5.30. The van der Waals surface area contributed by atoms with E-state index in [0.717, 1.165) is 5.56 Å². The van der Waals surface area contributed by atoms with Gasteiger partial charge in [-0.2, -0.15) is 0 Å². The Hall–Kier alpha value is -1.59. The molecule has 0 heterocycles. The zero-order valence-corrected chi connectivity index (χ0v) is 10.8. The Bertz CT molecular complexity index is 461. The molecule has 0 bridgehead atoms. The lowest BCUT2D eigenvalue weighted by Crippen LogP contribution is -2.26. The monoisotopic (exact) mass is 271 g/mol. The number of benzene rings is 1. The summed E-state index contributed by atoms with van der Waals surface area (Å²) in [5.41, 5.74) is 1.45. The summed E-state index contributed by atoms with van der Waals surface area (Å²) in [6.45, 7) is 2.89. The predicted octanol–water partition coefficient (Wildman–Crippen LogP) is 2.08. The van der Waals surface area contributed by atoms with E-state index < -0.39 is 18.0 Å². The molecule has 1 aromatic rings. The topological polar surface area (TPSA) is 75.6 Å². The Labute approximate surface area is 110 Å². The van der Waals surface area contributed by atoms with Crippen molar-refractivity contribution in [3.63, 3.8) is 0 Å². The van der Waals surface area contributed by atoms with Crippen LogP contribution in [0, 0.1) is 6.92 Å². The summed E-state index contributed by atoms with van der Waals surface area (Å²) in [7, 11) is 0. The maximum absolute atomic E-state index is 11.5. The van der Waals surface area contributed by atoms with Gasteiger partial charge in [-0.1, -0.05) is 17.7 Å². The average molecular weight is 272 g/mol. The fourth-order valence-electron chi connectivity index (χ4n) is 1.14. The van der Waals surface area contributed by atoms with Gasteiger partial charge in [0.25, 0.3) is 0 Å². The smallest absolute Gasteiger partial charge is 0.332 e. The van der Waals surface area contributed by atoms with Gasteiger partial charge in [0, 0.05) is 10.7 Å². The van der Waals surface area contributed by atoms with Crippen molar-refractivity contribution in [2.75, 3.05) is 11.9 Å². The molecular weight excluding hydrogens is 258 g/mol. The van der Waals surface area contributed by atoms with Gasteiger partial charge in [-0.25, -0.2) is 4.79 Å². The molecule has 5 nitrogen and oxygen atoms in total. The maximum atomic E-state index is 11.5. The van der Waals surface area contributed by atoms with E-state index in [1.807, 2.05) is 6.92 Å². The molecule has 0 unspecified atom stereocenters. The first kappa shape index (κ1) is 14.5. The van der Waals surface area contributed by atoms with Gasteiger partial charge in [0.05, 0.1) is 0 Å². The number of hydrogen-bond acceptors (Lipinski definition) is 3. The van der Waals surface area contributed by atoms with E-state index >= 15 is 0 Å². The van der Waals surface area contributed by atoms with E-state index in [1.54, 1.807) is 18.2 Å². The highest BCUT2D eigenvalue weighted by Crippen LogP contribution is 2.19. The highest BCUT2D eigenvalue weighted by molar-refractivity contribution is 6.31. The number of aliphatic carboxylic acids is 1. The second-order valence-electron chi connectivity index (χ2n) is 3.80. The van der Waals surface area contributed by atoms with Crippen molar-refractivity contribution in [1.29, 1.82) is 0 Å². The van der Waals surface area contributed by atoms with Gasteiger partial charge >= 0.3 is 5.97 Å².